The number of hydrogen-bond donors (Lipinski definition) is 0. The summed E-state index contributed by atoms with van der Waals surface area (Å²) in [7, 11) is 0. The third-order valence-corrected chi connectivity index (χ3v) is 4.76. The minimum Gasteiger partial charge on any atom is -0.258 e. The normalized spacial score (nSPS) is 21.8. The topological polar surface area (TPSA) is 43.1 Å². The monoisotopic (exact) mass is 311 g/mol. The average Bonchev–Trinajstić information content (AvgIpc) is 2.47. The van der Waals surface area contributed by atoms with Gasteiger partial charge in [0.15, 0.2) is 0 Å². The van der Waals surface area contributed by atoms with E-state index in [9.17, 15) is 18.9 Å². The molecule has 122 valence electrons. The van der Waals surface area contributed by atoms with E-state index in [0.717, 1.165) is 43.7 Å². The third-order valence-electron chi connectivity index (χ3n) is 4.76. The number of hydrogen-bond acceptors (Lipinski definition) is 2. The van der Waals surface area contributed by atoms with Crippen molar-refractivity contribution in [2.24, 2.45) is 5.92 Å². The maximum Gasteiger partial charge on any atom is 0.340 e. The molecule has 1 fully saturated rings. The molecule has 2 rings (SSSR count). The van der Waals surface area contributed by atoms with Crippen LogP contribution in [0.4, 0.5) is 14.5 Å². The van der Waals surface area contributed by atoms with Crippen LogP contribution in [0, 0.1) is 27.7 Å². The van der Waals surface area contributed by atoms with Crippen molar-refractivity contribution in [3.63, 3.8) is 0 Å². The molecule has 5 heteroatoms. The van der Waals surface area contributed by atoms with Crippen LogP contribution in [0.1, 0.15) is 69.8 Å². The van der Waals surface area contributed by atoms with E-state index < -0.39 is 22.2 Å². The maximum atomic E-state index is 13.7. The molecule has 1 aliphatic rings. The molecule has 0 aromatic heterocycles. The Morgan fingerprint density at radius 2 is 1.73 bits per heavy atom. The van der Waals surface area contributed by atoms with Crippen LogP contribution in [0.5, 0.6) is 0 Å². The second-order valence-electron chi connectivity index (χ2n) is 6.30. The quantitative estimate of drug-likeness (QED) is 0.382. The minimum atomic E-state index is -1.06. The Morgan fingerprint density at radius 3 is 2.23 bits per heavy atom. The molecule has 0 aliphatic heterocycles. The van der Waals surface area contributed by atoms with E-state index in [1.54, 1.807) is 0 Å². The van der Waals surface area contributed by atoms with Gasteiger partial charge in [0.25, 0.3) is 0 Å². The molecule has 0 unspecified atom stereocenters. The van der Waals surface area contributed by atoms with Gasteiger partial charge in [0.2, 0.25) is 11.6 Å². The fourth-order valence-electron chi connectivity index (χ4n) is 3.46. The molecule has 3 nitrogen and oxygen atoms in total. The summed E-state index contributed by atoms with van der Waals surface area (Å²) in [5, 5.41) is 10.6. The van der Waals surface area contributed by atoms with Crippen LogP contribution in [0.25, 0.3) is 0 Å². The number of rotatable bonds is 6. The zero-order valence-corrected chi connectivity index (χ0v) is 13.0. The van der Waals surface area contributed by atoms with Crippen LogP contribution >= 0.6 is 0 Å². The Morgan fingerprint density at radius 1 is 1.14 bits per heavy atom. The van der Waals surface area contributed by atoms with Crippen molar-refractivity contribution in [3.8, 4) is 0 Å². The predicted octanol–water partition coefficient (Wildman–Crippen LogP) is 5.73. The van der Waals surface area contributed by atoms with Crippen LogP contribution in [0.3, 0.4) is 0 Å². The van der Waals surface area contributed by atoms with E-state index in [2.05, 4.69) is 6.92 Å². The molecule has 0 amide bonds. The molecule has 0 bridgehead atoms. The summed E-state index contributed by atoms with van der Waals surface area (Å²) in [6, 6.07) is 2.28. The van der Waals surface area contributed by atoms with Crippen LogP contribution in [0.2, 0.25) is 0 Å². The lowest BCUT2D eigenvalue weighted by atomic mass is 9.77. The van der Waals surface area contributed by atoms with E-state index in [-0.39, 0.29) is 5.92 Å². The van der Waals surface area contributed by atoms with Gasteiger partial charge in [-0.2, -0.15) is 8.78 Å². The van der Waals surface area contributed by atoms with Gasteiger partial charge >= 0.3 is 5.69 Å². The molecule has 0 atom stereocenters. The van der Waals surface area contributed by atoms with E-state index in [1.165, 1.54) is 25.7 Å². The summed E-state index contributed by atoms with van der Waals surface area (Å²) in [4.78, 5) is 9.62. The number of nitro benzene ring substituents is 1. The summed E-state index contributed by atoms with van der Waals surface area (Å²) in [5.41, 5.74) is -0.482. The summed E-state index contributed by atoms with van der Waals surface area (Å²) in [6.45, 7) is 2.19. The molecule has 0 heterocycles. The maximum absolute atomic E-state index is 13.7. The van der Waals surface area contributed by atoms with Crippen molar-refractivity contribution in [1.29, 1.82) is 0 Å². The summed E-state index contributed by atoms with van der Waals surface area (Å²) in [6.07, 6.45) is 8.95. The Balaban J connectivity index is 1.98. The summed E-state index contributed by atoms with van der Waals surface area (Å²) >= 11 is 0. The first-order valence-electron chi connectivity index (χ1n) is 8.16. The molecule has 1 aromatic carbocycles. The molecule has 0 N–H and O–H groups in total. The van der Waals surface area contributed by atoms with E-state index in [4.69, 9.17) is 0 Å². The van der Waals surface area contributed by atoms with Crippen molar-refractivity contribution in [3.05, 3.63) is 39.4 Å². The van der Waals surface area contributed by atoms with Crippen LogP contribution in [-0.2, 0) is 0 Å². The second-order valence-corrected chi connectivity index (χ2v) is 6.30. The van der Waals surface area contributed by atoms with E-state index in [0.29, 0.717) is 5.56 Å². The van der Waals surface area contributed by atoms with E-state index in [1.807, 2.05) is 0 Å². The minimum absolute atomic E-state index is 0.118. The number of benzene rings is 1. The highest BCUT2D eigenvalue weighted by Crippen LogP contribution is 2.39. The van der Waals surface area contributed by atoms with Crippen LogP contribution in [0.15, 0.2) is 12.1 Å². The van der Waals surface area contributed by atoms with Gasteiger partial charge in [-0.25, -0.2) is 0 Å². The van der Waals surface area contributed by atoms with Gasteiger partial charge < -0.3 is 0 Å². The van der Waals surface area contributed by atoms with Crippen molar-refractivity contribution in [1.82, 2.24) is 0 Å². The number of nitro groups is 1. The molecule has 0 spiro atoms. The Labute approximate surface area is 129 Å². The average molecular weight is 311 g/mol. The molecule has 22 heavy (non-hydrogen) atoms. The SMILES string of the molecule is CCCCC[C@H]1CC[C@H](c2cc(F)c([N+](=O)[O-])c(F)c2)CC1. The number of nitrogens with zero attached hydrogens (tertiary/aromatic N) is 1. The first kappa shape index (κ1) is 16.8. The zero-order chi connectivity index (χ0) is 16.1. The molecule has 1 aliphatic carbocycles. The molecule has 0 radical (unpaired) electrons. The van der Waals surface area contributed by atoms with Gasteiger partial charge in [0.05, 0.1) is 4.92 Å². The number of halogens is 2. The largest absolute Gasteiger partial charge is 0.340 e. The Kier molecular flexibility index (Phi) is 5.86. The van der Waals surface area contributed by atoms with Gasteiger partial charge in [0, 0.05) is 0 Å². The number of unbranched alkanes of at least 4 members (excludes halogenated alkanes) is 2. The van der Waals surface area contributed by atoms with Crippen molar-refractivity contribution in [2.45, 2.75) is 64.2 Å². The highest BCUT2D eigenvalue weighted by molar-refractivity contribution is 5.38. The fourth-order valence-corrected chi connectivity index (χ4v) is 3.46. The van der Waals surface area contributed by atoms with Crippen molar-refractivity contribution in [2.75, 3.05) is 0 Å². The van der Waals surface area contributed by atoms with Crippen LogP contribution in [-0.4, -0.2) is 4.92 Å². The molecular weight excluding hydrogens is 288 g/mol. The second kappa shape index (κ2) is 7.65. The van der Waals surface area contributed by atoms with E-state index >= 15 is 0 Å². The lowest BCUT2D eigenvalue weighted by Crippen LogP contribution is -2.14. The Bertz CT molecular complexity index is 502. The standard InChI is InChI=1S/C17H23F2NO2/c1-2-3-4-5-12-6-8-13(9-7-12)14-10-15(18)17(20(21)22)16(19)11-14/h10-13H,2-9H2,1H3/t12-,13-. The molecule has 0 saturated heterocycles. The first-order valence-corrected chi connectivity index (χ1v) is 8.16. The fraction of sp³-hybridized carbons (Fsp3) is 0.647. The Hall–Kier alpha value is -1.52. The lowest BCUT2D eigenvalue weighted by Gasteiger charge is -2.28. The van der Waals surface area contributed by atoms with Gasteiger partial charge in [-0.05, 0) is 55.2 Å². The summed E-state index contributed by atoms with van der Waals surface area (Å²) < 4.78 is 27.4. The highest BCUT2D eigenvalue weighted by atomic mass is 19.1. The van der Waals surface area contributed by atoms with Crippen molar-refractivity contribution < 1.29 is 13.7 Å². The predicted molar refractivity (Wildman–Crippen MR) is 81.9 cm³/mol. The molecular formula is C17H23F2NO2. The highest BCUT2D eigenvalue weighted by Gasteiger charge is 2.27. The summed E-state index contributed by atoms with van der Waals surface area (Å²) in [5.74, 6) is -1.29. The molecule has 1 saturated carbocycles. The van der Waals surface area contributed by atoms with Gasteiger partial charge in [0.1, 0.15) is 0 Å². The van der Waals surface area contributed by atoms with Crippen molar-refractivity contribution >= 4 is 5.69 Å². The van der Waals surface area contributed by atoms with Gasteiger partial charge in [-0.1, -0.05) is 32.6 Å². The lowest BCUT2D eigenvalue weighted by molar-refractivity contribution is -0.390. The van der Waals surface area contributed by atoms with Gasteiger partial charge in [-0.3, -0.25) is 10.1 Å². The third kappa shape index (κ3) is 4.02. The van der Waals surface area contributed by atoms with Gasteiger partial charge in [-0.15, -0.1) is 0 Å². The molecule has 1 aromatic rings. The van der Waals surface area contributed by atoms with Crippen LogP contribution < -0.4 is 0 Å². The zero-order valence-electron chi connectivity index (χ0n) is 13.0. The smallest absolute Gasteiger partial charge is 0.258 e. The first-order chi connectivity index (χ1) is 10.5.